The zero-order chi connectivity index (χ0) is 28.6. The Morgan fingerprint density at radius 3 is 2.21 bits per heavy atom. The van der Waals surface area contributed by atoms with Crippen molar-refractivity contribution in [3.63, 3.8) is 0 Å². The van der Waals surface area contributed by atoms with Crippen LogP contribution in [0.1, 0.15) is 46.1 Å². The van der Waals surface area contributed by atoms with E-state index in [1.807, 2.05) is 30.3 Å². The van der Waals surface area contributed by atoms with Gasteiger partial charge in [-0.1, -0.05) is 63.3 Å². The van der Waals surface area contributed by atoms with Crippen molar-refractivity contribution in [2.24, 2.45) is 0 Å². The highest BCUT2D eigenvalue weighted by molar-refractivity contribution is 6.74. The molecule has 2 aliphatic rings. The average Bonchev–Trinajstić information content (AvgIpc) is 2.77. The summed E-state index contributed by atoms with van der Waals surface area (Å²) in [7, 11) is -4.74. The van der Waals surface area contributed by atoms with Crippen molar-refractivity contribution in [2.45, 2.75) is 108 Å². The number of benzene rings is 1. The van der Waals surface area contributed by atoms with Gasteiger partial charge >= 0.3 is 5.97 Å². The van der Waals surface area contributed by atoms with Crippen molar-refractivity contribution >= 4 is 28.5 Å². The molecule has 212 valence electrons. The average molecular weight is 564 g/mol. The van der Waals surface area contributed by atoms with Crippen LogP contribution in [0.15, 0.2) is 42.5 Å². The van der Waals surface area contributed by atoms with Crippen LogP contribution in [0.5, 0.6) is 0 Å². The Morgan fingerprint density at radius 1 is 1.05 bits per heavy atom. The van der Waals surface area contributed by atoms with E-state index in [4.69, 9.17) is 18.4 Å². The quantitative estimate of drug-likeness (QED) is 0.186. The highest BCUT2D eigenvalue weighted by Gasteiger charge is 2.66. The second-order valence-corrected chi connectivity index (χ2v) is 22.1. The lowest BCUT2D eigenvalue weighted by atomic mass is 9.69. The molecule has 0 radical (unpaired) electrons. The summed E-state index contributed by atoms with van der Waals surface area (Å²) in [6.45, 7) is 18.9. The molecular formula is C28H45NO7Si2. The fourth-order valence-electron chi connectivity index (χ4n) is 4.58. The first-order valence-electron chi connectivity index (χ1n) is 13.4. The van der Waals surface area contributed by atoms with Crippen molar-refractivity contribution in [2.75, 3.05) is 6.61 Å². The Morgan fingerprint density at radius 2 is 1.68 bits per heavy atom. The van der Waals surface area contributed by atoms with Crippen molar-refractivity contribution in [1.82, 2.24) is 5.06 Å². The van der Waals surface area contributed by atoms with E-state index in [0.29, 0.717) is 0 Å². The summed E-state index contributed by atoms with van der Waals surface area (Å²) in [4.78, 5) is 31.7. The number of aliphatic hydroxyl groups is 1. The molecule has 0 saturated carbocycles. The standard InChI is InChI=1S/C28H45NO7Si2/c1-10-33-23(31)19-28(32)17-16-27(18-22(30)29(27)34-20-21-14-12-11-13-15-21)24(35-37(5,6)7)25(28)36-38(8,9)26(2,3)4/h11-17,24-25,32H,10,18-20H2,1-9H3/t24-,25+,27+,28+/m1/s1. The Bertz CT molecular complexity index is 1030. The first kappa shape index (κ1) is 30.7. The molecule has 0 aromatic heterocycles. The van der Waals surface area contributed by atoms with Gasteiger partial charge in [-0.05, 0) is 50.3 Å². The van der Waals surface area contributed by atoms with Crippen LogP contribution in [0.25, 0.3) is 0 Å². The van der Waals surface area contributed by atoms with Crippen molar-refractivity contribution in [1.29, 1.82) is 0 Å². The Hall–Kier alpha value is -1.83. The third-order valence-corrected chi connectivity index (χ3v) is 13.0. The number of esters is 1. The molecule has 1 heterocycles. The van der Waals surface area contributed by atoms with Gasteiger partial charge in [0.1, 0.15) is 30.0 Å². The predicted octanol–water partition coefficient (Wildman–Crippen LogP) is 4.95. The lowest BCUT2D eigenvalue weighted by Crippen LogP contribution is -2.76. The molecule has 3 rings (SSSR count). The van der Waals surface area contributed by atoms with E-state index in [2.05, 4.69) is 53.5 Å². The van der Waals surface area contributed by atoms with Gasteiger partial charge in [0.05, 0.1) is 19.4 Å². The molecule has 1 fully saturated rings. The molecule has 0 unspecified atom stereocenters. The van der Waals surface area contributed by atoms with Crippen LogP contribution in [0.4, 0.5) is 0 Å². The molecule has 1 aromatic rings. The molecule has 10 heteroatoms. The van der Waals surface area contributed by atoms with Gasteiger partial charge in [0.2, 0.25) is 5.91 Å². The van der Waals surface area contributed by atoms with Crippen LogP contribution in [0, 0.1) is 0 Å². The van der Waals surface area contributed by atoms with Gasteiger partial charge in [-0.25, -0.2) is 5.06 Å². The SMILES string of the molecule is CCOC(=O)C[C@@]1(O)C=C[C@]2(CC(=O)N2OCc2ccccc2)[C@H](O[Si](C)(C)C)[C@@H]1O[Si](C)(C)C(C)(C)C. The maximum Gasteiger partial charge on any atom is 0.309 e. The number of amides is 1. The van der Waals surface area contributed by atoms with Crippen molar-refractivity contribution in [3.05, 3.63) is 48.0 Å². The molecule has 1 aromatic carbocycles. The molecule has 8 nitrogen and oxygen atoms in total. The van der Waals surface area contributed by atoms with E-state index in [1.165, 1.54) is 5.06 Å². The lowest BCUT2D eigenvalue weighted by Gasteiger charge is -2.60. The third-order valence-electron chi connectivity index (χ3n) is 7.60. The summed E-state index contributed by atoms with van der Waals surface area (Å²) in [5.41, 5.74) is -1.72. The highest BCUT2D eigenvalue weighted by Crippen LogP contribution is 2.50. The minimum atomic E-state index is -2.48. The summed E-state index contributed by atoms with van der Waals surface area (Å²) >= 11 is 0. The van der Waals surface area contributed by atoms with E-state index < -0.39 is 46.0 Å². The van der Waals surface area contributed by atoms with Crippen LogP contribution >= 0.6 is 0 Å². The fourth-order valence-corrected chi connectivity index (χ4v) is 6.99. The lowest BCUT2D eigenvalue weighted by molar-refractivity contribution is -0.281. The predicted molar refractivity (Wildman–Crippen MR) is 151 cm³/mol. The fraction of sp³-hybridized carbons (Fsp3) is 0.643. The molecule has 1 aliphatic heterocycles. The summed E-state index contributed by atoms with van der Waals surface area (Å²) in [5.74, 6) is -0.690. The number of β-lactam (4-membered cyclic amide) rings is 1. The number of hydrogen-bond acceptors (Lipinski definition) is 7. The maximum absolute atomic E-state index is 13.0. The van der Waals surface area contributed by atoms with Crippen LogP contribution in [0.3, 0.4) is 0 Å². The Balaban J connectivity index is 2.09. The van der Waals surface area contributed by atoms with E-state index in [1.54, 1.807) is 19.1 Å². The zero-order valence-corrected chi connectivity index (χ0v) is 26.4. The molecule has 1 spiro atoms. The number of rotatable bonds is 10. The molecule has 4 atom stereocenters. The van der Waals surface area contributed by atoms with E-state index in [-0.39, 0.29) is 37.0 Å². The maximum atomic E-state index is 13.0. The van der Waals surface area contributed by atoms with Crippen LogP contribution < -0.4 is 0 Å². The first-order valence-corrected chi connectivity index (χ1v) is 19.7. The topological polar surface area (TPSA) is 94.5 Å². The van der Waals surface area contributed by atoms with Gasteiger partial charge in [0.25, 0.3) is 0 Å². The third kappa shape index (κ3) is 6.48. The molecule has 1 N–H and O–H groups in total. The normalized spacial score (nSPS) is 27.9. The second-order valence-electron chi connectivity index (χ2n) is 12.9. The largest absolute Gasteiger partial charge is 0.466 e. The van der Waals surface area contributed by atoms with Gasteiger partial charge in [-0.3, -0.25) is 14.4 Å². The summed E-state index contributed by atoms with van der Waals surface area (Å²) < 4.78 is 18.9. The smallest absolute Gasteiger partial charge is 0.309 e. The zero-order valence-electron chi connectivity index (χ0n) is 24.4. The highest BCUT2D eigenvalue weighted by atomic mass is 28.4. The molecular weight excluding hydrogens is 518 g/mol. The molecule has 0 bridgehead atoms. The molecule has 1 amide bonds. The number of carbonyl (C=O) groups is 2. The molecule has 1 saturated heterocycles. The van der Waals surface area contributed by atoms with Crippen LogP contribution in [-0.2, 0) is 34.6 Å². The van der Waals surface area contributed by atoms with Gasteiger partial charge in [0, 0.05) is 0 Å². The number of hydrogen-bond donors (Lipinski definition) is 1. The van der Waals surface area contributed by atoms with Gasteiger partial charge < -0.3 is 18.7 Å². The van der Waals surface area contributed by atoms with E-state index in [9.17, 15) is 14.7 Å². The number of hydroxylamine groups is 2. The second kappa shape index (κ2) is 11.0. The number of carbonyl (C=O) groups excluding carboxylic acids is 2. The molecule has 1 aliphatic carbocycles. The monoisotopic (exact) mass is 563 g/mol. The van der Waals surface area contributed by atoms with Crippen LogP contribution in [-0.4, -0.2) is 68.6 Å². The summed E-state index contributed by atoms with van der Waals surface area (Å²) in [6.07, 6.45) is 1.57. The summed E-state index contributed by atoms with van der Waals surface area (Å²) in [5, 5.41) is 13.2. The van der Waals surface area contributed by atoms with Crippen LogP contribution in [0.2, 0.25) is 37.8 Å². The molecule has 38 heavy (non-hydrogen) atoms. The number of ether oxygens (including phenoxy) is 1. The summed E-state index contributed by atoms with van der Waals surface area (Å²) in [6, 6.07) is 9.64. The Kier molecular flexibility index (Phi) is 8.87. The minimum Gasteiger partial charge on any atom is -0.466 e. The van der Waals surface area contributed by atoms with Gasteiger partial charge in [-0.15, -0.1) is 0 Å². The Labute approximate surface area is 229 Å². The van der Waals surface area contributed by atoms with Gasteiger partial charge in [-0.2, -0.15) is 0 Å². The minimum absolute atomic E-state index is 0.153. The van der Waals surface area contributed by atoms with E-state index >= 15 is 0 Å². The van der Waals surface area contributed by atoms with E-state index in [0.717, 1.165) is 5.56 Å². The van der Waals surface area contributed by atoms with Crippen molar-refractivity contribution in [3.8, 4) is 0 Å². The van der Waals surface area contributed by atoms with Gasteiger partial charge in [0.15, 0.2) is 16.6 Å². The number of nitrogens with zero attached hydrogens (tertiary/aromatic N) is 1. The first-order chi connectivity index (χ1) is 17.4. The van der Waals surface area contributed by atoms with Crippen molar-refractivity contribution < 1.29 is 33.1 Å².